The number of likely N-dealkylation sites (N-methyl/N-ethyl adjacent to an activating group) is 1. The molecule has 0 aliphatic carbocycles. The molecule has 1 saturated heterocycles. The van der Waals surface area contributed by atoms with Crippen molar-refractivity contribution >= 4 is 15.9 Å². The van der Waals surface area contributed by atoms with Crippen molar-refractivity contribution in [3.05, 3.63) is 58.6 Å². The Morgan fingerprint density at radius 3 is 2.45 bits per heavy atom. The van der Waals surface area contributed by atoms with Crippen LogP contribution in [0.4, 0.5) is 0 Å². The van der Waals surface area contributed by atoms with E-state index in [4.69, 9.17) is 4.74 Å². The number of benzene rings is 2. The average Bonchev–Trinajstić information content (AvgIpc) is 2.53. The molecule has 1 aliphatic heterocycles. The van der Waals surface area contributed by atoms with Crippen molar-refractivity contribution in [1.29, 1.82) is 0 Å². The summed E-state index contributed by atoms with van der Waals surface area (Å²) < 4.78 is 7.13. The first-order valence-corrected chi connectivity index (χ1v) is 8.42. The maximum absolute atomic E-state index is 6.09. The van der Waals surface area contributed by atoms with Crippen LogP contribution in [-0.4, -0.2) is 43.0 Å². The molecule has 0 N–H and O–H groups in total. The summed E-state index contributed by atoms with van der Waals surface area (Å²) in [5.74, 6) is 1.81. The summed E-state index contributed by atoms with van der Waals surface area (Å²) in [5.41, 5.74) is 1.23. The summed E-state index contributed by atoms with van der Waals surface area (Å²) in [7, 11) is 2.18. The van der Waals surface area contributed by atoms with Gasteiger partial charge in [0.05, 0.1) is 0 Å². The maximum atomic E-state index is 6.09. The number of halogens is 1. The first-order valence-electron chi connectivity index (χ1n) is 7.63. The van der Waals surface area contributed by atoms with Gasteiger partial charge in [0.1, 0.15) is 11.5 Å². The zero-order chi connectivity index (χ0) is 15.4. The van der Waals surface area contributed by atoms with Crippen molar-refractivity contribution in [2.45, 2.75) is 6.54 Å². The molecule has 3 nitrogen and oxygen atoms in total. The average molecular weight is 361 g/mol. The molecule has 1 aliphatic rings. The molecule has 2 aromatic rings. The second-order valence-electron chi connectivity index (χ2n) is 5.75. The normalized spacial score (nSPS) is 16.6. The van der Waals surface area contributed by atoms with Crippen LogP contribution < -0.4 is 4.74 Å². The Morgan fingerprint density at radius 1 is 1.00 bits per heavy atom. The number of hydrogen-bond acceptors (Lipinski definition) is 3. The van der Waals surface area contributed by atoms with E-state index in [9.17, 15) is 0 Å². The minimum atomic E-state index is 0.875. The first kappa shape index (κ1) is 15.5. The van der Waals surface area contributed by atoms with Gasteiger partial charge in [-0.25, -0.2) is 0 Å². The summed E-state index contributed by atoms with van der Waals surface area (Å²) in [6, 6.07) is 16.3. The standard InChI is InChI=1S/C18H21BrN2O/c1-20-9-11-21(12-10-20)14-15-7-8-16(19)13-18(15)22-17-5-3-2-4-6-17/h2-8,13H,9-12,14H2,1H3. The molecule has 0 radical (unpaired) electrons. The van der Waals surface area contributed by atoms with Gasteiger partial charge in [-0.15, -0.1) is 0 Å². The smallest absolute Gasteiger partial charge is 0.133 e. The zero-order valence-corrected chi connectivity index (χ0v) is 14.4. The lowest BCUT2D eigenvalue weighted by atomic mass is 10.1. The topological polar surface area (TPSA) is 15.7 Å². The number of rotatable bonds is 4. The maximum Gasteiger partial charge on any atom is 0.133 e. The molecular weight excluding hydrogens is 340 g/mol. The molecule has 1 fully saturated rings. The van der Waals surface area contributed by atoms with Gasteiger partial charge in [-0.1, -0.05) is 40.2 Å². The third kappa shape index (κ3) is 4.09. The van der Waals surface area contributed by atoms with Crippen LogP contribution >= 0.6 is 15.9 Å². The number of hydrogen-bond donors (Lipinski definition) is 0. The zero-order valence-electron chi connectivity index (χ0n) is 12.8. The monoisotopic (exact) mass is 360 g/mol. The van der Waals surface area contributed by atoms with Crippen molar-refractivity contribution in [3.8, 4) is 11.5 Å². The van der Waals surface area contributed by atoms with E-state index in [-0.39, 0.29) is 0 Å². The van der Waals surface area contributed by atoms with E-state index in [2.05, 4.69) is 51.0 Å². The summed E-state index contributed by atoms with van der Waals surface area (Å²) in [6.07, 6.45) is 0. The lowest BCUT2D eigenvalue weighted by Crippen LogP contribution is -2.43. The van der Waals surface area contributed by atoms with Crippen LogP contribution in [0.3, 0.4) is 0 Å². The summed E-state index contributed by atoms with van der Waals surface area (Å²) in [5, 5.41) is 0. The van der Waals surface area contributed by atoms with Crippen LogP contribution in [0.1, 0.15) is 5.56 Å². The molecule has 0 spiro atoms. The van der Waals surface area contributed by atoms with Crippen LogP contribution in [0.5, 0.6) is 11.5 Å². The van der Waals surface area contributed by atoms with E-state index in [0.717, 1.165) is 48.7 Å². The third-order valence-corrected chi connectivity index (χ3v) is 4.48. The number of nitrogens with zero attached hydrogens (tertiary/aromatic N) is 2. The van der Waals surface area contributed by atoms with Crippen molar-refractivity contribution in [3.63, 3.8) is 0 Å². The highest BCUT2D eigenvalue weighted by molar-refractivity contribution is 9.10. The predicted octanol–water partition coefficient (Wildman–Crippen LogP) is 3.99. The van der Waals surface area contributed by atoms with Gasteiger partial charge in [0.15, 0.2) is 0 Å². The molecule has 1 heterocycles. The van der Waals surface area contributed by atoms with Gasteiger partial charge in [-0.05, 0) is 31.3 Å². The Hall–Kier alpha value is -1.36. The third-order valence-electron chi connectivity index (χ3n) is 3.99. The van der Waals surface area contributed by atoms with Crippen molar-refractivity contribution in [1.82, 2.24) is 9.80 Å². The fraction of sp³-hybridized carbons (Fsp3) is 0.333. The number of para-hydroxylation sites is 1. The molecule has 116 valence electrons. The summed E-state index contributed by atoms with van der Waals surface area (Å²) in [4.78, 5) is 4.86. The second kappa shape index (κ2) is 7.27. The summed E-state index contributed by atoms with van der Waals surface area (Å²) >= 11 is 3.54. The molecule has 3 rings (SSSR count). The van der Waals surface area contributed by atoms with Gasteiger partial charge in [0.2, 0.25) is 0 Å². The highest BCUT2D eigenvalue weighted by Gasteiger charge is 2.16. The number of ether oxygens (including phenoxy) is 1. The largest absolute Gasteiger partial charge is 0.457 e. The highest BCUT2D eigenvalue weighted by Crippen LogP contribution is 2.29. The van der Waals surface area contributed by atoms with E-state index < -0.39 is 0 Å². The quantitative estimate of drug-likeness (QED) is 0.819. The van der Waals surface area contributed by atoms with E-state index in [1.165, 1.54) is 5.56 Å². The lowest BCUT2D eigenvalue weighted by Gasteiger charge is -2.32. The van der Waals surface area contributed by atoms with Crippen LogP contribution in [0.2, 0.25) is 0 Å². The van der Waals surface area contributed by atoms with Gasteiger partial charge < -0.3 is 9.64 Å². The minimum Gasteiger partial charge on any atom is -0.457 e. The minimum absolute atomic E-state index is 0.875. The molecule has 0 bridgehead atoms. The van der Waals surface area contributed by atoms with E-state index in [0.29, 0.717) is 0 Å². The van der Waals surface area contributed by atoms with Crippen molar-refractivity contribution in [2.75, 3.05) is 33.2 Å². The van der Waals surface area contributed by atoms with Crippen LogP contribution in [0, 0.1) is 0 Å². The van der Waals surface area contributed by atoms with Gasteiger partial charge in [-0.3, -0.25) is 4.90 Å². The van der Waals surface area contributed by atoms with Gasteiger partial charge in [0, 0.05) is 42.8 Å². The van der Waals surface area contributed by atoms with Crippen LogP contribution in [0.15, 0.2) is 53.0 Å². The first-order chi connectivity index (χ1) is 10.7. The fourth-order valence-electron chi connectivity index (χ4n) is 2.62. The van der Waals surface area contributed by atoms with E-state index in [1.54, 1.807) is 0 Å². The Balaban J connectivity index is 1.76. The Kier molecular flexibility index (Phi) is 5.13. The lowest BCUT2D eigenvalue weighted by molar-refractivity contribution is 0.147. The van der Waals surface area contributed by atoms with Crippen LogP contribution in [-0.2, 0) is 6.54 Å². The Labute approximate surface area is 140 Å². The molecular formula is C18H21BrN2O. The second-order valence-corrected chi connectivity index (χ2v) is 6.66. The molecule has 0 atom stereocenters. The SMILES string of the molecule is CN1CCN(Cc2ccc(Br)cc2Oc2ccccc2)CC1. The Morgan fingerprint density at radius 2 is 1.73 bits per heavy atom. The van der Waals surface area contributed by atoms with E-state index >= 15 is 0 Å². The van der Waals surface area contributed by atoms with Gasteiger partial charge >= 0.3 is 0 Å². The molecule has 0 amide bonds. The molecule has 0 saturated carbocycles. The molecule has 0 aromatic heterocycles. The summed E-state index contributed by atoms with van der Waals surface area (Å²) in [6.45, 7) is 5.41. The van der Waals surface area contributed by atoms with Crippen molar-refractivity contribution < 1.29 is 4.74 Å². The number of piperazine rings is 1. The fourth-order valence-corrected chi connectivity index (χ4v) is 2.96. The van der Waals surface area contributed by atoms with Gasteiger partial charge in [0.25, 0.3) is 0 Å². The Bertz CT molecular complexity index is 610. The van der Waals surface area contributed by atoms with Gasteiger partial charge in [-0.2, -0.15) is 0 Å². The predicted molar refractivity (Wildman–Crippen MR) is 93.4 cm³/mol. The molecule has 4 heteroatoms. The molecule has 22 heavy (non-hydrogen) atoms. The highest BCUT2D eigenvalue weighted by atomic mass is 79.9. The van der Waals surface area contributed by atoms with Crippen molar-refractivity contribution in [2.24, 2.45) is 0 Å². The molecule has 2 aromatic carbocycles. The van der Waals surface area contributed by atoms with E-state index in [1.807, 2.05) is 30.3 Å². The van der Waals surface area contributed by atoms with Crippen LogP contribution in [0.25, 0.3) is 0 Å². The molecule has 0 unspecified atom stereocenters.